The molecule has 19 heavy (non-hydrogen) atoms. The third-order valence-corrected chi connectivity index (χ3v) is 3.03. The number of hydrogen-bond acceptors (Lipinski definition) is 4. The Morgan fingerprint density at radius 3 is 2.79 bits per heavy atom. The number of amides is 1. The van der Waals surface area contributed by atoms with Crippen LogP contribution in [-0.2, 0) is 20.9 Å². The zero-order chi connectivity index (χ0) is 13.7. The number of carbonyl (C=O) groups is 2. The van der Waals surface area contributed by atoms with Crippen LogP contribution in [0.2, 0.25) is 0 Å². The van der Waals surface area contributed by atoms with Crippen LogP contribution in [0, 0.1) is 0 Å². The van der Waals surface area contributed by atoms with Gasteiger partial charge in [-0.1, -0.05) is 30.3 Å². The molecule has 0 spiro atoms. The molecule has 0 unspecified atom stereocenters. The van der Waals surface area contributed by atoms with E-state index in [0.29, 0.717) is 13.1 Å². The van der Waals surface area contributed by atoms with E-state index in [-0.39, 0.29) is 25.0 Å². The topological polar surface area (TPSA) is 49.9 Å². The fourth-order valence-electron chi connectivity index (χ4n) is 1.96. The SMILES string of the molecule is CN1CCC(=O)N(CC(=O)OCc2ccccc2)C1. The first kappa shape index (κ1) is 13.5. The van der Waals surface area contributed by atoms with Gasteiger partial charge < -0.3 is 9.64 Å². The second-order valence-electron chi connectivity index (χ2n) is 4.71. The van der Waals surface area contributed by atoms with Crippen molar-refractivity contribution in [2.24, 2.45) is 0 Å². The molecule has 1 aromatic carbocycles. The lowest BCUT2D eigenvalue weighted by molar-refractivity contribution is -0.153. The molecule has 0 aliphatic carbocycles. The Labute approximate surface area is 112 Å². The van der Waals surface area contributed by atoms with E-state index < -0.39 is 0 Å². The van der Waals surface area contributed by atoms with Gasteiger partial charge in [-0.2, -0.15) is 0 Å². The molecule has 0 N–H and O–H groups in total. The number of rotatable bonds is 4. The van der Waals surface area contributed by atoms with E-state index in [2.05, 4.69) is 0 Å². The maximum atomic E-state index is 11.7. The van der Waals surface area contributed by atoms with Gasteiger partial charge in [0.25, 0.3) is 0 Å². The number of nitrogens with zero attached hydrogens (tertiary/aromatic N) is 2. The van der Waals surface area contributed by atoms with E-state index >= 15 is 0 Å². The molecule has 1 saturated heterocycles. The molecule has 1 aliphatic heterocycles. The molecular weight excluding hydrogens is 244 g/mol. The van der Waals surface area contributed by atoms with Crippen molar-refractivity contribution in [2.45, 2.75) is 13.0 Å². The summed E-state index contributed by atoms with van der Waals surface area (Å²) in [6, 6.07) is 9.49. The van der Waals surface area contributed by atoms with Crippen LogP contribution in [0.5, 0.6) is 0 Å². The molecular formula is C14H18N2O3. The minimum Gasteiger partial charge on any atom is -0.459 e. The molecule has 1 heterocycles. The molecule has 0 saturated carbocycles. The Bertz CT molecular complexity index is 447. The third-order valence-electron chi connectivity index (χ3n) is 3.03. The smallest absolute Gasteiger partial charge is 0.326 e. The molecule has 0 aromatic heterocycles. The average Bonchev–Trinajstić information content (AvgIpc) is 2.42. The minimum absolute atomic E-state index is 0.00904. The summed E-state index contributed by atoms with van der Waals surface area (Å²) in [5.41, 5.74) is 0.943. The molecule has 5 nitrogen and oxygen atoms in total. The van der Waals surface area contributed by atoms with Gasteiger partial charge in [-0.25, -0.2) is 0 Å². The van der Waals surface area contributed by atoms with Crippen molar-refractivity contribution in [1.29, 1.82) is 0 Å². The highest BCUT2D eigenvalue weighted by Gasteiger charge is 2.23. The van der Waals surface area contributed by atoms with Crippen LogP contribution < -0.4 is 0 Å². The average molecular weight is 262 g/mol. The Morgan fingerprint density at radius 1 is 1.32 bits per heavy atom. The van der Waals surface area contributed by atoms with E-state index in [1.807, 2.05) is 42.3 Å². The summed E-state index contributed by atoms with van der Waals surface area (Å²) in [6.07, 6.45) is 0.461. The Balaban J connectivity index is 1.79. The van der Waals surface area contributed by atoms with Crippen molar-refractivity contribution in [1.82, 2.24) is 9.80 Å². The molecule has 5 heteroatoms. The predicted octanol–water partition coefficient (Wildman–Crippen LogP) is 0.851. The summed E-state index contributed by atoms with van der Waals surface area (Å²) >= 11 is 0. The summed E-state index contributed by atoms with van der Waals surface area (Å²) in [4.78, 5) is 26.9. The quantitative estimate of drug-likeness (QED) is 0.755. The largest absolute Gasteiger partial charge is 0.459 e. The maximum Gasteiger partial charge on any atom is 0.326 e. The van der Waals surface area contributed by atoms with E-state index in [4.69, 9.17) is 4.74 Å². The molecule has 1 fully saturated rings. The first-order valence-electron chi connectivity index (χ1n) is 6.31. The summed E-state index contributed by atoms with van der Waals surface area (Å²) in [5.74, 6) is -0.359. The van der Waals surface area contributed by atoms with E-state index in [9.17, 15) is 9.59 Å². The monoisotopic (exact) mass is 262 g/mol. The lowest BCUT2D eigenvalue weighted by Crippen LogP contribution is -2.48. The van der Waals surface area contributed by atoms with Crippen LogP contribution in [0.4, 0.5) is 0 Å². The first-order valence-corrected chi connectivity index (χ1v) is 6.31. The normalized spacial score (nSPS) is 16.5. The van der Waals surface area contributed by atoms with Crippen molar-refractivity contribution in [3.63, 3.8) is 0 Å². The number of carbonyl (C=O) groups excluding carboxylic acids is 2. The summed E-state index contributed by atoms with van der Waals surface area (Å²) in [6.45, 7) is 1.50. The van der Waals surface area contributed by atoms with Crippen molar-refractivity contribution in [3.05, 3.63) is 35.9 Å². The van der Waals surface area contributed by atoms with E-state index in [0.717, 1.165) is 12.1 Å². The van der Waals surface area contributed by atoms with Crippen LogP contribution in [-0.4, -0.2) is 48.5 Å². The molecule has 1 aliphatic rings. The predicted molar refractivity (Wildman–Crippen MR) is 70.1 cm³/mol. The molecule has 2 rings (SSSR count). The number of hydrogen-bond donors (Lipinski definition) is 0. The number of benzene rings is 1. The Morgan fingerprint density at radius 2 is 2.05 bits per heavy atom. The van der Waals surface area contributed by atoms with Crippen molar-refractivity contribution in [3.8, 4) is 0 Å². The van der Waals surface area contributed by atoms with Crippen LogP contribution in [0.15, 0.2) is 30.3 Å². The highest BCUT2D eigenvalue weighted by atomic mass is 16.5. The van der Waals surface area contributed by atoms with Gasteiger partial charge in [-0.3, -0.25) is 14.5 Å². The Kier molecular flexibility index (Phi) is 4.52. The minimum atomic E-state index is -0.368. The number of esters is 1. The zero-order valence-electron chi connectivity index (χ0n) is 11.0. The van der Waals surface area contributed by atoms with Crippen molar-refractivity contribution >= 4 is 11.9 Å². The van der Waals surface area contributed by atoms with E-state index in [1.165, 1.54) is 4.90 Å². The van der Waals surface area contributed by atoms with Crippen LogP contribution >= 0.6 is 0 Å². The second-order valence-corrected chi connectivity index (χ2v) is 4.71. The van der Waals surface area contributed by atoms with Gasteiger partial charge in [0.05, 0.1) is 6.67 Å². The lowest BCUT2D eigenvalue weighted by atomic mass is 10.2. The van der Waals surface area contributed by atoms with Gasteiger partial charge in [-0.15, -0.1) is 0 Å². The second kappa shape index (κ2) is 6.33. The Hall–Kier alpha value is -1.88. The third kappa shape index (κ3) is 4.06. The number of ether oxygens (including phenoxy) is 1. The van der Waals surface area contributed by atoms with Gasteiger partial charge in [0.2, 0.25) is 5.91 Å². The summed E-state index contributed by atoms with van der Waals surface area (Å²) in [5, 5.41) is 0. The van der Waals surface area contributed by atoms with Crippen LogP contribution in [0.1, 0.15) is 12.0 Å². The molecule has 1 aromatic rings. The van der Waals surface area contributed by atoms with Crippen LogP contribution in [0.25, 0.3) is 0 Å². The highest BCUT2D eigenvalue weighted by molar-refractivity contribution is 5.82. The fourth-order valence-corrected chi connectivity index (χ4v) is 1.96. The van der Waals surface area contributed by atoms with Gasteiger partial charge in [0.15, 0.2) is 0 Å². The standard InChI is InChI=1S/C14H18N2O3/c1-15-8-7-13(17)16(11-15)9-14(18)19-10-12-5-3-2-4-6-12/h2-6H,7-11H2,1H3. The summed E-state index contributed by atoms with van der Waals surface area (Å²) < 4.78 is 5.16. The van der Waals surface area contributed by atoms with Crippen molar-refractivity contribution < 1.29 is 14.3 Å². The molecule has 102 valence electrons. The lowest BCUT2D eigenvalue weighted by Gasteiger charge is -2.32. The van der Waals surface area contributed by atoms with Crippen molar-refractivity contribution in [2.75, 3.05) is 26.8 Å². The van der Waals surface area contributed by atoms with Crippen LogP contribution in [0.3, 0.4) is 0 Å². The highest BCUT2D eigenvalue weighted by Crippen LogP contribution is 2.06. The molecule has 0 radical (unpaired) electrons. The first-order chi connectivity index (χ1) is 9.15. The van der Waals surface area contributed by atoms with Gasteiger partial charge in [-0.05, 0) is 12.6 Å². The zero-order valence-corrected chi connectivity index (χ0v) is 11.0. The molecule has 0 atom stereocenters. The van der Waals surface area contributed by atoms with Gasteiger partial charge in [0.1, 0.15) is 13.2 Å². The maximum absolute atomic E-state index is 11.7. The molecule has 0 bridgehead atoms. The fraction of sp³-hybridized carbons (Fsp3) is 0.429. The van der Waals surface area contributed by atoms with Gasteiger partial charge in [0, 0.05) is 13.0 Å². The van der Waals surface area contributed by atoms with Gasteiger partial charge >= 0.3 is 5.97 Å². The summed E-state index contributed by atoms with van der Waals surface area (Å²) in [7, 11) is 1.93. The van der Waals surface area contributed by atoms with E-state index in [1.54, 1.807) is 0 Å². The molecule has 1 amide bonds.